The van der Waals surface area contributed by atoms with E-state index < -0.39 is 0 Å². The van der Waals surface area contributed by atoms with Crippen LogP contribution in [-0.4, -0.2) is 57.3 Å². The molecule has 3 aromatic heterocycles. The SMILES string of the molecule is c1c(-c2nn[nH]n2)nc2n1C(Cc1nn[nH]n1)CCN2. The van der Waals surface area contributed by atoms with E-state index in [1.165, 1.54) is 0 Å². The maximum absolute atomic E-state index is 4.48. The molecule has 1 unspecified atom stereocenters. The standard InChI is InChI=1S/C9H11N11/c1-2-10-9-11-6(8-14-18-19-15-8)4-20(9)5(1)3-7-12-16-17-13-7/h4-5H,1-3H2,(H,10,11)(H,12,13,16,17)(H,14,15,18,19). The van der Waals surface area contributed by atoms with Gasteiger partial charge in [0.2, 0.25) is 11.8 Å². The zero-order chi connectivity index (χ0) is 13.4. The third-order valence-corrected chi connectivity index (χ3v) is 3.27. The maximum Gasteiger partial charge on any atom is 0.224 e. The monoisotopic (exact) mass is 273 g/mol. The number of nitrogens with one attached hydrogen (secondary N) is 3. The van der Waals surface area contributed by atoms with Crippen LogP contribution in [-0.2, 0) is 6.42 Å². The van der Waals surface area contributed by atoms with Gasteiger partial charge in [0, 0.05) is 25.2 Å². The fourth-order valence-electron chi connectivity index (χ4n) is 2.35. The Morgan fingerprint density at radius 1 is 1.20 bits per heavy atom. The molecule has 0 amide bonds. The van der Waals surface area contributed by atoms with E-state index in [2.05, 4.69) is 56.1 Å². The van der Waals surface area contributed by atoms with Gasteiger partial charge in [-0.05, 0) is 11.6 Å². The fraction of sp³-hybridized carbons (Fsp3) is 0.444. The summed E-state index contributed by atoms with van der Waals surface area (Å²) in [6, 6.07) is 0.233. The molecule has 0 aromatic carbocycles. The van der Waals surface area contributed by atoms with Crippen LogP contribution >= 0.6 is 0 Å². The van der Waals surface area contributed by atoms with E-state index in [0.717, 1.165) is 18.9 Å². The molecule has 0 bridgehead atoms. The molecule has 0 saturated heterocycles. The topological polar surface area (TPSA) is 139 Å². The Morgan fingerprint density at radius 2 is 2.10 bits per heavy atom. The first-order valence-electron chi connectivity index (χ1n) is 6.19. The highest BCUT2D eigenvalue weighted by Crippen LogP contribution is 2.28. The number of H-pyrrole nitrogens is 2. The number of fused-ring (bicyclic) bond motifs is 1. The van der Waals surface area contributed by atoms with E-state index in [0.29, 0.717) is 23.8 Å². The zero-order valence-electron chi connectivity index (χ0n) is 10.4. The summed E-state index contributed by atoms with van der Waals surface area (Å²) in [6.07, 6.45) is 3.58. The van der Waals surface area contributed by atoms with Crippen LogP contribution in [0, 0.1) is 0 Å². The molecule has 0 spiro atoms. The largest absolute Gasteiger partial charge is 0.356 e. The fourth-order valence-corrected chi connectivity index (χ4v) is 2.35. The number of aromatic nitrogens is 10. The van der Waals surface area contributed by atoms with Crippen molar-refractivity contribution in [1.29, 1.82) is 0 Å². The minimum Gasteiger partial charge on any atom is -0.356 e. The van der Waals surface area contributed by atoms with E-state index in [9.17, 15) is 0 Å². The van der Waals surface area contributed by atoms with Crippen molar-refractivity contribution < 1.29 is 0 Å². The molecule has 1 aliphatic rings. The number of aromatic amines is 2. The number of hydrogen-bond donors (Lipinski definition) is 3. The molecular weight excluding hydrogens is 262 g/mol. The molecule has 3 N–H and O–H groups in total. The molecule has 11 heteroatoms. The summed E-state index contributed by atoms with van der Waals surface area (Å²) in [7, 11) is 0. The van der Waals surface area contributed by atoms with Crippen molar-refractivity contribution in [3.63, 3.8) is 0 Å². The van der Waals surface area contributed by atoms with E-state index in [4.69, 9.17) is 0 Å². The quantitative estimate of drug-likeness (QED) is 0.562. The molecule has 20 heavy (non-hydrogen) atoms. The van der Waals surface area contributed by atoms with Crippen molar-refractivity contribution in [2.45, 2.75) is 18.9 Å². The Bertz CT molecular complexity index is 682. The predicted molar refractivity (Wildman–Crippen MR) is 65.4 cm³/mol. The maximum atomic E-state index is 4.48. The van der Waals surface area contributed by atoms with E-state index >= 15 is 0 Å². The van der Waals surface area contributed by atoms with Gasteiger partial charge in [-0.15, -0.1) is 20.4 Å². The molecule has 0 fully saturated rings. The average Bonchev–Trinajstić information content (AvgIpc) is 3.20. The Hall–Kier alpha value is -2.85. The lowest BCUT2D eigenvalue weighted by Gasteiger charge is -2.24. The van der Waals surface area contributed by atoms with Crippen molar-refractivity contribution in [2.24, 2.45) is 0 Å². The second kappa shape index (κ2) is 4.36. The van der Waals surface area contributed by atoms with Gasteiger partial charge < -0.3 is 9.88 Å². The Labute approximate surface area is 112 Å². The minimum atomic E-state index is 0.233. The second-order valence-electron chi connectivity index (χ2n) is 4.49. The molecule has 3 aromatic rings. The van der Waals surface area contributed by atoms with Gasteiger partial charge in [0.1, 0.15) is 5.69 Å². The number of tetrazole rings is 2. The van der Waals surface area contributed by atoms with Crippen molar-refractivity contribution in [1.82, 2.24) is 50.8 Å². The molecule has 0 aliphatic carbocycles. The van der Waals surface area contributed by atoms with Gasteiger partial charge in [0.25, 0.3) is 0 Å². The molecule has 0 radical (unpaired) electrons. The molecule has 0 saturated carbocycles. The summed E-state index contributed by atoms with van der Waals surface area (Å²) in [4.78, 5) is 4.48. The average molecular weight is 273 g/mol. The molecular formula is C9H11N11. The summed E-state index contributed by atoms with van der Waals surface area (Å²) in [6.45, 7) is 0.852. The number of imidazole rings is 1. The number of rotatable bonds is 3. The lowest BCUT2D eigenvalue weighted by molar-refractivity contribution is 0.448. The summed E-state index contributed by atoms with van der Waals surface area (Å²) >= 11 is 0. The second-order valence-corrected chi connectivity index (χ2v) is 4.49. The van der Waals surface area contributed by atoms with Crippen molar-refractivity contribution in [2.75, 3.05) is 11.9 Å². The predicted octanol–water partition coefficient (Wildman–Crippen LogP) is -0.824. The Kier molecular flexibility index (Phi) is 2.40. The zero-order valence-corrected chi connectivity index (χ0v) is 10.4. The van der Waals surface area contributed by atoms with Gasteiger partial charge in [-0.2, -0.15) is 10.4 Å². The smallest absolute Gasteiger partial charge is 0.224 e. The van der Waals surface area contributed by atoms with Crippen molar-refractivity contribution >= 4 is 5.95 Å². The lowest BCUT2D eigenvalue weighted by atomic mass is 10.1. The van der Waals surface area contributed by atoms with Gasteiger partial charge >= 0.3 is 0 Å². The molecule has 4 heterocycles. The number of hydrogen-bond acceptors (Lipinski definition) is 8. The van der Waals surface area contributed by atoms with Crippen molar-refractivity contribution in [3.05, 3.63) is 12.0 Å². The van der Waals surface area contributed by atoms with Crippen LogP contribution in [0.2, 0.25) is 0 Å². The van der Waals surface area contributed by atoms with Crippen LogP contribution in [0.1, 0.15) is 18.3 Å². The lowest BCUT2D eigenvalue weighted by Crippen LogP contribution is -2.24. The molecule has 1 aliphatic heterocycles. The third-order valence-electron chi connectivity index (χ3n) is 3.27. The summed E-state index contributed by atoms with van der Waals surface area (Å²) in [5, 5.41) is 31.2. The van der Waals surface area contributed by atoms with Gasteiger partial charge in [-0.3, -0.25) is 0 Å². The van der Waals surface area contributed by atoms with Crippen molar-refractivity contribution in [3.8, 4) is 11.5 Å². The van der Waals surface area contributed by atoms with Gasteiger partial charge in [0.15, 0.2) is 5.82 Å². The first kappa shape index (κ1) is 11.0. The van der Waals surface area contributed by atoms with E-state index in [1.807, 2.05) is 6.20 Å². The number of anilines is 1. The number of nitrogens with zero attached hydrogens (tertiary/aromatic N) is 8. The minimum absolute atomic E-state index is 0.233. The van der Waals surface area contributed by atoms with Gasteiger partial charge in [-0.25, -0.2) is 4.98 Å². The highest BCUT2D eigenvalue weighted by atomic mass is 15.5. The van der Waals surface area contributed by atoms with Crippen LogP contribution < -0.4 is 5.32 Å². The third kappa shape index (κ3) is 1.79. The normalized spacial score (nSPS) is 17.7. The first-order chi connectivity index (χ1) is 9.90. The Balaban J connectivity index is 1.66. The summed E-state index contributed by atoms with van der Waals surface area (Å²) in [5.74, 6) is 1.97. The van der Waals surface area contributed by atoms with Crippen LogP contribution in [0.5, 0.6) is 0 Å². The molecule has 1 atom stereocenters. The van der Waals surface area contributed by atoms with Crippen LogP contribution in [0.4, 0.5) is 5.95 Å². The molecule has 102 valence electrons. The Morgan fingerprint density at radius 3 is 2.90 bits per heavy atom. The van der Waals surface area contributed by atoms with E-state index in [-0.39, 0.29) is 6.04 Å². The van der Waals surface area contributed by atoms with Crippen LogP contribution in [0.25, 0.3) is 11.5 Å². The van der Waals surface area contributed by atoms with Crippen LogP contribution in [0.15, 0.2) is 6.20 Å². The molecule has 4 rings (SSSR count). The highest BCUT2D eigenvalue weighted by molar-refractivity contribution is 5.51. The van der Waals surface area contributed by atoms with E-state index in [1.54, 1.807) is 0 Å². The highest BCUT2D eigenvalue weighted by Gasteiger charge is 2.24. The summed E-state index contributed by atoms with van der Waals surface area (Å²) < 4.78 is 2.06. The van der Waals surface area contributed by atoms with Gasteiger partial charge in [-0.1, -0.05) is 5.21 Å². The summed E-state index contributed by atoms with van der Waals surface area (Å²) in [5.41, 5.74) is 0.682. The van der Waals surface area contributed by atoms with Crippen LogP contribution in [0.3, 0.4) is 0 Å². The van der Waals surface area contributed by atoms with Gasteiger partial charge in [0.05, 0.1) is 0 Å². The molecule has 11 nitrogen and oxygen atoms in total. The first-order valence-corrected chi connectivity index (χ1v) is 6.19.